The van der Waals surface area contributed by atoms with Crippen molar-refractivity contribution in [2.75, 3.05) is 13.1 Å². The summed E-state index contributed by atoms with van der Waals surface area (Å²) in [6.45, 7) is 1.34. The van der Waals surface area contributed by atoms with Crippen molar-refractivity contribution in [2.24, 2.45) is 0 Å². The Balaban J connectivity index is 0.00000231. The van der Waals surface area contributed by atoms with E-state index in [9.17, 15) is 13.6 Å². The molecule has 1 aliphatic heterocycles. The van der Waals surface area contributed by atoms with Crippen LogP contribution in [0.2, 0.25) is 0 Å². The number of hydrogen-bond donors (Lipinski definition) is 2. The third kappa shape index (κ3) is 4.15. The van der Waals surface area contributed by atoms with Crippen molar-refractivity contribution in [2.45, 2.75) is 25.2 Å². The molecule has 1 amide bonds. The molecule has 9 heteroatoms. The van der Waals surface area contributed by atoms with Crippen LogP contribution in [0.25, 0.3) is 21.1 Å². The molecule has 1 saturated heterocycles. The van der Waals surface area contributed by atoms with Crippen molar-refractivity contribution in [1.82, 2.24) is 20.2 Å². The fourth-order valence-corrected chi connectivity index (χ4v) is 4.78. The molecule has 2 aromatic heterocycles. The van der Waals surface area contributed by atoms with Crippen LogP contribution in [0.5, 0.6) is 0 Å². The summed E-state index contributed by atoms with van der Waals surface area (Å²) in [6.07, 6.45) is 1.00. The van der Waals surface area contributed by atoms with Crippen molar-refractivity contribution in [1.29, 1.82) is 0 Å². The maximum Gasteiger partial charge on any atom is 0.253 e. The van der Waals surface area contributed by atoms with Gasteiger partial charge in [-0.1, -0.05) is 12.1 Å². The molecule has 2 N–H and O–H groups in total. The molecule has 5 nitrogen and oxygen atoms in total. The van der Waals surface area contributed by atoms with Crippen LogP contribution in [-0.2, 0) is 6.54 Å². The molecule has 0 aliphatic carbocycles. The molecule has 3 heterocycles. The maximum absolute atomic E-state index is 14.7. The van der Waals surface area contributed by atoms with E-state index in [1.165, 1.54) is 6.07 Å². The molecular formula is C22H21ClF2N4OS. The van der Waals surface area contributed by atoms with Gasteiger partial charge in [-0.05, 0) is 42.8 Å². The number of piperidine rings is 1. The average Bonchev–Trinajstić information content (AvgIpc) is 3.35. The van der Waals surface area contributed by atoms with Crippen LogP contribution in [-0.4, -0.2) is 40.8 Å². The Kier molecular flexibility index (Phi) is 6.22. The third-order valence-electron chi connectivity index (χ3n) is 5.57. The number of aromatic nitrogens is 2. The molecule has 1 fully saturated rings. The number of benzene rings is 2. The lowest BCUT2D eigenvalue weighted by atomic mass is 10.0. The summed E-state index contributed by atoms with van der Waals surface area (Å²) in [7, 11) is 0. The third-order valence-corrected chi connectivity index (χ3v) is 6.36. The molecule has 1 aliphatic rings. The standard InChI is InChI=1S/C22H20F2N4OS.ClH/c23-15-2-1-3-19-21(15)14(22(29)27-17-6-7-25-9-16(17)24)11-28(19)10-13-4-5-18-20(8-13)30-12-26-18;/h1-5,8,11-12,16-17,25H,6-7,9-10H2,(H,27,29);1H/t16-,17?;/m0./s1. The van der Waals surface area contributed by atoms with Crippen molar-refractivity contribution < 1.29 is 13.6 Å². The van der Waals surface area contributed by atoms with Gasteiger partial charge in [-0.25, -0.2) is 13.8 Å². The van der Waals surface area contributed by atoms with Crippen LogP contribution in [0, 0.1) is 5.82 Å². The number of fused-ring (bicyclic) bond motifs is 2. The van der Waals surface area contributed by atoms with E-state index in [1.807, 2.05) is 16.7 Å². The fourth-order valence-electron chi connectivity index (χ4n) is 4.04. The first-order valence-electron chi connectivity index (χ1n) is 9.85. The second kappa shape index (κ2) is 8.90. The summed E-state index contributed by atoms with van der Waals surface area (Å²) in [6, 6.07) is 10.2. The van der Waals surface area contributed by atoms with Crippen molar-refractivity contribution >= 4 is 50.8 Å². The van der Waals surface area contributed by atoms with E-state index in [4.69, 9.17) is 0 Å². The number of nitrogens with one attached hydrogen (secondary N) is 2. The first-order valence-corrected chi connectivity index (χ1v) is 10.7. The predicted molar refractivity (Wildman–Crippen MR) is 122 cm³/mol. The zero-order chi connectivity index (χ0) is 20.7. The Morgan fingerprint density at radius 1 is 1.32 bits per heavy atom. The molecule has 162 valence electrons. The summed E-state index contributed by atoms with van der Waals surface area (Å²) in [5, 5.41) is 5.99. The Morgan fingerprint density at radius 2 is 2.19 bits per heavy atom. The second-order valence-corrected chi connectivity index (χ2v) is 8.43. The highest BCUT2D eigenvalue weighted by atomic mass is 35.5. The topological polar surface area (TPSA) is 59.0 Å². The molecule has 1 unspecified atom stereocenters. The minimum absolute atomic E-state index is 0. The van der Waals surface area contributed by atoms with E-state index < -0.39 is 23.9 Å². The number of nitrogens with zero attached hydrogens (tertiary/aromatic N) is 2. The van der Waals surface area contributed by atoms with Gasteiger partial charge in [0.25, 0.3) is 5.91 Å². The van der Waals surface area contributed by atoms with E-state index >= 15 is 0 Å². The number of carbonyl (C=O) groups is 1. The van der Waals surface area contributed by atoms with E-state index in [1.54, 1.807) is 35.2 Å². The number of amides is 1. The Bertz CT molecular complexity index is 1240. The number of rotatable bonds is 4. The zero-order valence-electron chi connectivity index (χ0n) is 16.5. The predicted octanol–water partition coefficient (Wildman–Crippen LogP) is 4.29. The lowest BCUT2D eigenvalue weighted by molar-refractivity contribution is 0.0893. The van der Waals surface area contributed by atoms with Crippen LogP contribution in [0.1, 0.15) is 22.3 Å². The van der Waals surface area contributed by atoms with Gasteiger partial charge in [-0.2, -0.15) is 0 Å². The number of hydrogen-bond acceptors (Lipinski definition) is 4. The van der Waals surface area contributed by atoms with Crippen LogP contribution in [0.4, 0.5) is 8.78 Å². The Morgan fingerprint density at radius 3 is 3.03 bits per heavy atom. The van der Waals surface area contributed by atoms with Gasteiger partial charge >= 0.3 is 0 Å². The minimum Gasteiger partial charge on any atom is -0.346 e. The van der Waals surface area contributed by atoms with Crippen molar-refractivity contribution in [3.05, 3.63) is 65.0 Å². The van der Waals surface area contributed by atoms with Crippen LogP contribution >= 0.6 is 23.7 Å². The van der Waals surface area contributed by atoms with E-state index in [-0.39, 0.29) is 29.9 Å². The molecule has 0 saturated carbocycles. The SMILES string of the molecule is Cl.O=C(NC1CCNC[C@@H]1F)c1cn(Cc2ccc3ncsc3c2)c2cccc(F)c12. The molecule has 0 spiro atoms. The zero-order valence-corrected chi connectivity index (χ0v) is 18.1. The lowest BCUT2D eigenvalue weighted by Gasteiger charge is -2.27. The van der Waals surface area contributed by atoms with Gasteiger partial charge in [0.1, 0.15) is 12.0 Å². The van der Waals surface area contributed by atoms with Crippen LogP contribution in [0.3, 0.4) is 0 Å². The van der Waals surface area contributed by atoms with Crippen molar-refractivity contribution in [3.8, 4) is 0 Å². The highest BCUT2D eigenvalue weighted by Crippen LogP contribution is 2.27. The van der Waals surface area contributed by atoms with Gasteiger partial charge < -0.3 is 15.2 Å². The minimum atomic E-state index is -1.16. The molecule has 2 aromatic carbocycles. The molecule has 0 radical (unpaired) electrons. The normalized spacial score (nSPS) is 18.8. The van der Waals surface area contributed by atoms with E-state index in [2.05, 4.69) is 21.7 Å². The van der Waals surface area contributed by atoms with Gasteiger partial charge in [-0.15, -0.1) is 23.7 Å². The first-order chi connectivity index (χ1) is 14.6. The largest absolute Gasteiger partial charge is 0.346 e. The fraction of sp³-hybridized carbons (Fsp3) is 0.273. The van der Waals surface area contributed by atoms with E-state index in [0.717, 1.165) is 15.8 Å². The van der Waals surface area contributed by atoms with E-state index in [0.29, 0.717) is 25.0 Å². The van der Waals surface area contributed by atoms with Crippen molar-refractivity contribution in [3.63, 3.8) is 0 Å². The summed E-state index contributed by atoms with van der Waals surface area (Å²) < 4.78 is 31.8. The van der Waals surface area contributed by atoms with Gasteiger partial charge in [0.05, 0.1) is 32.8 Å². The smallest absolute Gasteiger partial charge is 0.253 e. The molecule has 5 rings (SSSR count). The maximum atomic E-state index is 14.7. The monoisotopic (exact) mass is 462 g/mol. The molecule has 31 heavy (non-hydrogen) atoms. The number of carbonyl (C=O) groups excluding carboxylic acids is 1. The summed E-state index contributed by atoms with van der Waals surface area (Å²) in [5.74, 6) is -0.910. The highest BCUT2D eigenvalue weighted by Gasteiger charge is 2.28. The summed E-state index contributed by atoms with van der Waals surface area (Å²) in [5.41, 5.74) is 4.63. The van der Waals surface area contributed by atoms with Gasteiger partial charge in [0, 0.05) is 24.7 Å². The van der Waals surface area contributed by atoms with Crippen LogP contribution < -0.4 is 10.6 Å². The van der Waals surface area contributed by atoms with Gasteiger partial charge in [0.15, 0.2) is 0 Å². The lowest BCUT2D eigenvalue weighted by Crippen LogP contribution is -2.50. The highest BCUT2D eigenvalue weighted by molar-refractivity contribution is 7.16. The average molecular weight is 463 g/mol. The number of halogens is 3. The Labute approximate surface area is 187 Å². The summed E-state index contributed by atoms with van der Waals surface area (Å²) >= 11 is 1.56. The molecule has 4 aromatic rings. The molecule has 0 bridgehead atoms. The summed E-state index contributed by atoms with van der Waals surface area (Å²) in [4.78, 5) is 17.2. The van der Waals surface area contributed by atoms with Gasteiger partial charge in [-0.3, -0.25) is 4.79 Å². The quantitative estimate of drug-likeness (QED) is 0.475. The van der Waals surface area contributed by atoms with Gasteiger partial charge in [0.2, 0.25) is 0 Å². The molecule has 2 atom stereocenters. The van der Waals surface area contributed by atoms with Crippen LogP contribution in [0.15, 0.2) is 48.1 Å². The first kappa shape index (κ1) is 21.7. The number of alkyl halides is 1. The molecular weight excluding hydrogens is 442 g/mol. The number of thiazole rings is 1. The second-order valence-electron chi connectivity index (χ2n) is 7.55. The Hall–Kier alpha value is -2.55.